The van der Waals surface area contributed by atoms with Gasteiger partial charge in [-0.05, 0) is 78.4 Å². The van der Waals surface area contributed by atoms with Crippen LogP contribution < -0.4 is 4.74 Å². The first-order valence-electron chi connectivity index (χ1n) is 10.4. The third-order valence-corrected chi connectivity index (χ3v) is 5.08. The maximum absolute atomic E-state index is 12.5. The number of aliphatic carboxylic acids is 1. The number of carbonyl (C=O) groups excluding carboxylic acids is 1. The van der Waals surface area contributed by atoms with Crippen molar-refractivity contribution in [3.05, 3.63) is 101 Å². The van der Waals surface area contributed by atoms with Gasteiger partial charge in [0.15, 0.2) is 5.78 Å². The maximum Gasteiger partial charge on any atom is 0.303 e. The molecular weight excluding hydrogens is 388 g/mol. The van der Waals surface area contributed by atoms with Gasteiger partial charge in [-0.15, -0.1) is 0 Å². The van der Waals surface area contributed by atoms with Crippen molar-refractivity contribution in [2.24, 2.45) is 0 Å². The van der Waals surface area contributed by atoms with E-state index in [-0.39, 0.29) is 12.2 Å². The van der Waals surface area contributed by atoms with Crippen LogP contribution in [0.1, 0.15) is 46.0 Å². The minimum absolute atomic E-state index is 0.0606. The zero-order chi connectivity index (χ0) is 22.2. The average molecular weight is 415 g/mol. The summed E-state index contributed by atoms with van der Waals surface area (Å²) in [6.45, 7) is 3.95. The number of hydrogen-bond donors (Lipinski definition) is 1. The van der Waals surface area contributed by atoms with Gasteiger partial charge in [-0.2, -0.15) is 0 Å². The fraction of sp³-hybridized carbons (Fsp3) is 0.185. The van der Waals surface area contributed by atoms with Crippen LogP contribution in [0.15, 0.2) is 72.8 Å². The lowest BCUT2D eigenvalue weighted by atomic mass is 10.0. The second-order valence-corrected chi connectivity index (χ2v) is 7.37. The van der Waals surface area contributed by atoms with E-state index in [4.69, 9.17) is 9.84 Å². The minimum atomic E-state index is -0.800. The lowest BCUT2D eigenvalue weighted by Gasteiger charge is -2.13. The molecule has 0 heterocycles. The van der Waals surface area contributed by atoms with E-state index in [1.165, 1.54) is 0 Å². The number of ketones is 1. The van der Waals surface area contributed by atoms with Crippen LogP contribution in [-0.4, -0.2) is 16.9 Å². The van der Waals surface area contributed by atoms with Gasteiger partial charge in [0.2, 0.25) is 0 Å². The molecule has 31 heavy (non-hydrogen) atoms. The van der Waals surface area contributed by atoms with Crippen LogP contribution in [0.4, 0.5) is 0 Å². The maximum atomic E-state index is 12.5. The van der Waals surface area contributed by atoms with Crippen molar-refractivity contribution >= 4 is 17.8 Å². The number of rotatable bonds is 9. The summed E-state index contributed by atoms with van der Waals surface area (Å²) in [6.07, 6.45) is 4.80. The average Bonchev–Trinajstić information content (AvgIpc) is 2.78. The third-order valence-electron chi connectivity index (χ3n) is 5.08. The predicted molar refractivity (Wildman–Crippen MR) is 123 cm³/mol. The fourth-order valence-electron chi connectivity index (χ4n) is 3.36. The van der Waals surface area contributed by atoms with Crippen LogP contribution >= 0.6 is 0 Å². The molecule has 0 fully saturated rings. The first-order chi connectivity index (χ1) is 15.0. The van der Waals surface area contributed by atoms with Crippen molar-refractivity contribution in [3.63, 3.8) is 0 Å². The molecule has 0 unspecified atom stereocenters. The van der Waals surface area contributed by atoms with Gasteiger partial charge < -0.3 is 9.84 Å². The van der Waals surface area contributed by atoms with E-state index in [1.54, 1.807) is 18.2 Å². The zero-order valence-electron chi connectivity index (χ0n) is 17.8. The Labute approximate surface area is 182 Å². The smallest absolute Gasteiger partial charge is 0.303 e. The largest absolute Gasteiger partial charge is 0.481 e. The van der Waals surface area contributed by atoms with Crippen LogP contribution in [0.5, 0.6) is 11.5 Å². The normalized spacial score (nSPS) is 10.9. The van der Waals surface area contributed by atoms with Gasteiger partial charge in [0.25, 0.3) is 0 Å². The topological polar surface area (TPSA) is 63.6 Å². The Hall–Kier alpha value is -3.66. The summed E-state index contributed by atoms with van der Waals surface area (Å²) in [5.74, 6) is 0.520. The summed E-state index contributed by atoms with van der Waals surface area (Å²) < 4.78 is 6.05. The summed E-state index contributed by atoms with van der Waals surface area (Å²) in [4.78, 5) is 23.4. The van der Waals surface area contributed by atoms with Crippen LogP contribution in [0.3, 0.4) is 0 Å². The van der Waals surface area contributed by atoms with Crippen molar-refractivity contribution in [1.82, 2.24) is 0 Å². The van der Waals surface area contributed by atoms with Crippen LogP contribution in [0.2, 0.25) is 0 Å². The molecule has 3 aromatic rings. The first-order valence-corrected chi connectivity index (χ1v) is 10.4. The number of carboxylic acids is 1. The summed E-state index contributed by atoms with van der Waals surface area (Å²) >= 11 is 0. The lowest BCUT2D eigenvalue weighted by molar-refractivity contribution is -0.136. The number of hydrogen-bond acceptors (Lipinski definition) is 3. The van der Waals surface area contributed by atoms with Crippen molar-refractivity contribution in [2.75, 3.05) is 0 Å². The molecule has 0 saturated heterocycles. The van der Waals surface area contributed by atoms with Gasteiger partial charge in [0.1, 0.15) is 11.5 Å². The Kier molecular flexibility index (Phi) is 7.39. The van der Waals surface area contributed by atoms with E-state index in [1.807, 2.05) is 74.5 Å². The Morgan fingerprint density at radius 3 is 2.42 bits per heavy atom. The zero-order valence-corrected chi connectivity index (χ0v) is 17.8. The summed E-state index contributed by atoms with van der Waals surface area (Å²) in [6, 6.07) is 20.8. The number of allylic oxidation sites excluding steroid dienone is 1. The molecular formula is C27H26O4. The second-order valence-electron chi connectivity index (χ2n) is 7.37. The van der Waals surface area contributed by atoms with Crippen molar-refractivity contribution in [3.8, 4) is 11.5 Å². The molecule has 0 aliphatic carbocycles. The fourth-order valence-corrected chi connectivity index (χ4v) is 3.36. The molecule has 3 rings (SSSR count). The highest BCUT2D eigenvalue weighted by molar-refractivity contribution is 6.07. The molecule has 0 aromatic heterocycles. The molecule has 0 radical (unpaired) electrons. The van der Waals surface area contributed by atoms with E-state index in [2.05, 4.69) is 0 Å². The molecule has 0 spiro atoms. The van der Waals surface area contributed by atoms with Gasteiger partial charge in [0.05, 0.1) is 0 Å². The highest BCUT2D eigenvalue weighted by Gasteiger charge is 2.10. The van der Waals surface area contributed by atoms with Gasteiger partial charge in [-0.25, -0.2) is 0 Å². The van der Waals surface area contributed by atoms with Crippen LogP contribution in [0.25, 0.3) is 6.08 Å². The number of carbonyl (C=O) groups is 2. The second kappa shape index (κ2) is 10.4. The molecule has 0 amide bonds. The Bertz CT molecular complexity index is 1100. The number of carboxylic acid groups (broad SMARTS) is 1. The number of benzene rings is 3. The Balaban J connectivity index is 1.72. The molecule has 0 saturated carbocycles. The van der Waals surface area contributed by atoms with Crippen LogP contribution in [0, 0.1) is 6.92 Å². The SMILES string of the molecule is CCc1cc(Oc2ccc(C(=O)/C=C/c3ccccc3)cc2C)ccc1CCC(=O)O. The molecule has 0 bridgehead atoms. The van der Waals surface area contributed by atoms with Crippen molar-refractivity contribution < 1.29 is 19.4 Å². The Morgan fingerprint density at radius 2 is 1.74 bits per heavy atom. The van der Waals surface area contributed by atoms with Gasteiger partial charge in [-0.1, -0.05) is 49.4 Å². The molecule has 4 nitrogen and oxygen atoms in total. The summed E-state index contributed by atoms with van der Waals surface area (Å²) in [7, 11) is 0. The summed E-state index contributed by atoms with van der Waals surface area (Å²) in [5, 5.41) is 8.92. The van der Waals surface area contributed by atoms with E-state index in [0.29, 0.717) is 23.5 Å². The minimum Gasteiger partial charge on any atom is -0.481 e. The first kappa shape index (κ1) is 22.0. The third kappa shape index (κ3) is 6.16. The standard InChI is InChI=1S/C27H26O4/c1-3-21-18-24(13-10-22(21)12-16-27(29)30)31-26-15-11-23(17-19(26)2)25(28)14-9-20-7-5-4-6-8-20/h4-11,13-15,17-18H,3,12,16H2,1-2H3,(H,29,30)/b14-9+. The molecule has 1 N–H and O–H groups in total. The molecule has 0 aliphatic heterocycles. The summed E-state index contributed by atoms with van der Waals surface area (Å²) in [5.41, 5.74) is 4.56. The van der Waals surface area contributed by atoms with Crippen molar-refractivity contribution in [2.45, 2.75) is 33.1 Å². The van der Waals surface area contributed by atoms with Crippen molar-refractivity contribution in [1.29, 1.82) is 0 Å². The van der Waals surface area contributed by atoms with E-state index in [9.17, 15) is 9.59 Å². The predicted octanol–water partition coefficient (Wildman–Crippen LogP) is 6.26. The molecule has 0 aliphatic rings. The lowest BCUT2D eigenvalue weighted by Crippen LogP contribution is -2.01. The molecule has 4 heteroatoms. The van der Waals surface area contributed by atoms with Gasteiger partial charge in [0, 0.05) is 12.0 Å². The molecule has 158 valence electrons. The monoisotopic (exact) mass is 414 g/mol. The molecule has 0 atom stereocenters. The van der Waals surface area contributed by atoms with Gasteiger partial charge in [-0.3, -0.25) is 9.59 Å². The molecule has 3 aromatic carbocycles. The van der Waals surface area contributed by atoms with E-state index in [0.717, 1.165) is 28.7 Å². The van der Waals surface area contributed by atoms with E-state index < -0.39 is 5.97 Å². The van der Waals surface area contributed by atoms with Gasteiger partial charge >= 0.3 is 5.97 Å². The Morgan fingerprint density at radius 1 is 0.968 bits per heavy atom. The van der Waals surface area contributed by atoms with Crippen LogP contribution in [-0.2, 0) is 17.6 Å². The highest BCUT2D eigenvalue weighted by Crippen LogP contribution is 2.28. The number of ether oxygens (including phenoxy) is 1. The van der Waals surface area contributed by atoms with E-state index >= 15 is 0 Å². The quantitative estimate of drug-likeness (QED) is 0.331. The number of aryl methyl sites for hydroxylation is 3. The highest BCUT2D eigenvalue weighted by atomic mass is 16.5.